The molecule has 168 valence electrons. The summed E-state index contributed by atoms with van der Waals surface area (Å²) < 4.78 is 5.62. The molecule has 1 fully saturated rings. The number of piperidine rings is 1. The van der Waals surface area contributed by atoms with Crippen LogP contribution in [0.15, 0.2) is 71.2 Å². The Hall–Kier alpha value is -2.45. The SMILES string of the molecule is CC(Sc1ncc[nH]1)C1CCN(C(=O)Oc2ccc(CCSc3ccncc3)cc2)CC1. The molecule has 1 aromatic carbocycles. The van der Waals surface area contributed by atoms with Crippen LogP contribution in [-0.4, -0.2) is 50.0 Å². The molecule has 32 heavy (non-hydrogen) atoms. The number of carbonyl (C=O) groups is 1. The molecule has 3 aromatic rings. The van der Waals surface area contributed by atoms with Crippen molar-refractivity contribution < 1.29 is 9.53 Å². The van der Waals surface area contributed by atoms with Crippen molar-refractivity contribution in [2.75, 3.05) is 18.8 Å². The molecule has 2 aromatic heterocycles. The number of imidazole rings is 1. The van der Waals surface area contributed by atoms with Gasteiger partial charge in [0.05, 0.1) is 0 Å². The number of aryl methyl sites for hydroxylation is 1. The Balaban J connectivity index is 1.18. The number of carbonyl (C=O) groups excluding carboxylic acids is 1. The standard InChI is InChI=1S/C24H28N4O2S2/c1-18(32-23-26-13-14-27-23)20-8-15-28(16-9-20)24(29)30-21-4-2-19(3-5-21)10-17-31-22-6-11-25-12-7-22/h2-7,11-14,18,20H,8-10,15-17H2,1H3,(H,26,27). The molecular weight excluding hydrogens is 440 g/mol. The van der Waals surface area contributed by atoms with Gasteiger partial charge in [0.15, 0.2) is 5.16 Å². The van der Waals surface area contributed by atoms with Crippen LogP contribution in [0.25, 0.3) is 0 Å². The van der Waals surface area contributed by atoms with Crippen molar-refractivity contribution in [2.24, 2.45) is 5.92 Å². The minimum Gasteiger partial charge on any atom is -0.410 e. The summed E-state index contributed by atoms with van der Waals surface area (Å²) in [5.74, 6) is 2.16. The van der Waals surface area contributed by atoms with Crippen molar-refractivity contribution in [1.82, 2.24) is 19.9 Å². The molecule has 6 nitrogen and oxygen atoms in total. The van der Waals surface area contributed by atoms with E-state index < -0.39 is 0 Å². The van der Waals surface area contributed by atoms with Crippen LogP contribution >= 0.6 is 23.5 Å². The van der Waals surface area contributed by atoms with Crippen molar-refractivity contribution >= 4 is 29.6 Å². The van der Waals surface area contributed by atoms with Crippen molar-refractivity contribution in [3.63, 3.8) is 0 Å². The Bertz CT molecular complexity index is 959. The molecule has 1 aliphatic heterocycles. The summed E-state index contributed by atoms with van der Waals surface area (Å²) in [6, 6.07) is 11.9. The first-order valence-electron chi connectivity index (χ1n) is 10.9. The molecule has 8 heteroatoms. The summed E-state index contributed by atoms with van der Waals surface area (Å²) in [6.45, 7) is 3.71. The van der Waals surface area contributed by atoms with E-state index in [1.807, 2.05) is 71.7 Å². The molecule has 1 atom stereocenters. The number of likely N-dealkylation sites (tertiary alicyclic amines) is 1. The Morgan fingerprint density at radius 3 is 2.59 bits per heavy atom. The fourth-order valence-corrected chi connectivity index (χ4v) is 5.71. The number of hydrogen-bond donors (Lipinski definition) is 1. The van der Waals surface area contributed by atoms with Crippen LogP contribution in [0.2, 0.25) is 0 Å². The van der Waals surface area contributed by atoms with E-state index in [1.165, 1.54) is 10.5 Å². The van der Waals surface area contributed by atoms with E-state index in [1.54, 1.807) is 18.0 Å². The third kappa shape index (κ3) is 6.53. The molecule has 1 saturated heterocycles. The summed E-state index contributed by atoms with van der Waals surface area (Å²) in [4.78, 5) is 27.1. The van der Waals surface area contributed by atoms with E-state index in [9.17, 15) is 4.79 Å². The van der Waals surface area contributed by atoms with Crippen LogP contribution in [0.3, 0.4) is 0 Å². The number of rotatable bonds is 8. The number of nitrogens with one attached hydrogen (secondary N) is 1. The van der Waals surface area contributed by atoms with Crippen molar-refractivity contribution in [3.8, 4) is 5.75 Å². The quantitative estimate of drug-likeness (QED) is 0.438. The fraction of sp³-hybridized carbons (Fsp3) is 0.375. The Morgan fingerprint density at radius 2 is 1.91 bits per heavy atom. The summed E-state index contributed by atoms with van der Waals surface area (Å²) in [6.07, 6.45) is 9.93. The predicted molar refractivity (Wildman–Crippen MR) is 129 cm³/mol. The van der Waals surface area contributed by atoms with Gasteiger partial charge in [-0.1, -0.05) is 30.8 Å². The lowest BCUT2D eigenvalue weighted by Crippen LogP contribution is -2.41. The summed E-state index contributed by atoms with van der Waals surface area (Å²) in [5, 5.41) is 1.42. The van der Waals surface area contributed by atoms with E-state index >= 15 is 0 Å². The van der Waals surface area contributed by atoms with Gasteiger partial charge in [-0.2, -0.15) is 0 Å². The molecule has 0 radical (unpaired) electrons. The monoisotopic (exact) mass is 468 g/mol. The van der Waals surface area contributed by atoms with Gasteiger partial charge >= 0.3 is 6.09 Å². The first-order chi connectivity index (χ1) is 15.7. The number of nitrogens with zero attached hydrogens (tertiary/aromatic N) is 3. The molecule has 0 bridgehead atoms. The van der Waals surface area contributed by atoms with Crippen LogP contribution in [0.4, 0.5) is 4.79 Å². The minimum absolute atomic E-state index is 0.254. The van der Waals surface area contributed by atoms with Gasteiger partial charge in [-0.15, -0.1) is 11.8 Å². The molecule has 0 aliphatic carbocycles. The third-order valence-corrected chi connectivity index (χ3v) is 7.89. The first-order valence-corrected chi connectivity index (χ1v) is 12.8. The molecular formula is C24H28N4O2S2. The maximum Gasteiger partial charge on any atom is 0.415 e. The zero-order chi connectivity index (χ0) is 22.2. The fourth-order valence-electron chi connectivity index (χ4n) is 3.75. The third-order valence-electron chi connectivity index (χ3n) is 5.67. The van der Waals surface area contributed by atoms with Gasteiger partial charge in [-0.25, -0.2) is 9.78 Å². The number of aromatic nitrogens is 3. The predicted octanol–water partition coefficient (Wildman–Crippen LogP) is 5.53. The molecule has 3 heterocycles. The highest BCUT2D eigenvalue weighted by Crippen LogP contribution is 2.32. The van der Waals surface area contributed by atoms with Gasteiger partial charge in [0, 0.05) is 53.8 Å². The lowest BCUT2D eigenvalue weighted by Gasteiger charge is -2.33. The lowest BCUT2D eigenvalue weighted by molar-refractivity contribution is 0.131. The van der Waals surface area contributed by atoms with Gasteiger partial charge in [0.1, 0.15) is 5.75 Å². The van der Waals surface area contributed by atoms with E-state index in [4.69, 9.17) is 4.74 Å². The van der Waals surface area contributed by atoms with Crippen LogP contribution in [-0.2, 0) is 6.42 Å². The van der Waals surface area contributed by atoms with Crippen molar-refractivity contribution in [3.05, 3.63) is 66.7 Å². The van der Waals surface area contributed by atoms with Crippen LogP contribution in [0.1, 0.15) is 25.3 Å². The smallest absolute Gasteiger partial charge is 0.410 e. The minimum atomic E-state index is -0.254. The Labute approximate surface area is 197 Å². The maximum atomic E-state index is 12.6. The van der Waals surface area contributed by atoms with Gasteiger partial charge in [-0.05, 0) is 55.0 Å². The number of thioether (sulfide) groups is 2. The second-order valence-electron chi connectivity index (χ2n) is 7.84. The van der Waals surface area contributed by atoms with Gasteiger partial charge in [-0.3, -0.25) is 4.98 Å². The average molecular weight is 469 g/mol. The second-order valence-corrected chi connectivity index (χ2v) is 10.4. The van der Waals surface area contributed by atoms with Gasteiger partial charge in [0.25, 0.3) is 0 Å². The number of benzene rings is 1. The number of amides is 1. The number of H-pyrrole nitrogens is 1. The van der Waals surface area contributed by atoms with Crippen molar-refractivity contribution in [2.45, 2.75) is 41.5 Å². The molecule has 1 aliphatic rings. The molecule has 1 N–H and O–H groups in total. The normalized spacial score (nSPS) is 15.5. The van der Waals surface area contributed by atoms with E-state index in [0.29, 0.717) is 16.9 Å². The Kier molecular flexibility index (Phi) is 8.12. The average Bonchev–Trinajstić information content (AvgIpc) is 3.34. The summed E-state index contributed by atoms with van der Waals surface area (Å²) in [7, 11) is 0. The highest BCUT2D eigenvalue weighted by atomic mass is 32.2. The zero-order valence-electron chi connectivity index (χ0n) is 18.1. The van der Waals surface area contributed by atoms with Crippen LogP contribution in [0, 0.1) is 5.92 Å². The molecule has 1 amide bonds. The summed E-state index contributed by atoms with van der Waals surface area (Å²) >= 11 is 3.58. The van der Waals surface area contributed by atoms with Crippen LogP contribution < -0.4 is 4.74 Å². The largest absolute Gasteiger partial charge is 0.415 e. The highest BCUT2D eigenvalue weighted by Gasteiger charge is 2.28. The van der Waals surface area contributed by atoms with Crippen molar-refractivity contribution in [1.29, 1.82) is 0 Å². The zero-order valence-corrected chi connectivity index (χ0v) is 19.8. The van der Waals surface area contributed by atoms with Gasteiger partial charge in [0.2, 0.25) is 0 Å². The maximum absolute atomic E-state index is 12.6. The number of ether oxygens (including phenoxy) is 1. The summed E-state index contributed by atoms with van der Waals surface area (Å²) in [5.41, 5.74) is 1.23. The number of aromatic amines is 1. The van der Waals surface area contributed by atoms with Crippen LogP contribution in [0.5, 0.6) is 5.75 Å². The number of pyridine rings is 1. The van der Waals surface area contributed by atoms with E-state index in [2.05, 4.69) is 21.9 Å². The topological polar surface area (TPSA) is 71.1 Å². The Morgan fingerprint density at radius 1 is 1.16 bits per heavy atom. The molecule has 1 unspecified atom stereocenters. The highest BCUT2D eigenvalue weighted by molar-refractivity contribution is 7.99. The van der Waals surface area contributed by atoms with E-state index in [0.717, 1.165) is 43.3 Å². The molecule has 0 spiro atoms. The molecule has 0 saturated carbocycles. The lowest BCUT2D eigenvalue weighted by atomic mass is 9.94. The van der Waals surface area contributed by atoms with Gasteiger partial charge < -0.3 is 14.6 Å². The second kappa shape index (κ2) is 11.4. The first kappa shape index (κ1) is 22.7. The molecule has 4 rings (SSSR count). The van der Waals surface area contributed by atoms with E-state index in [-0.39, 0.29) is 6.09 Å². The number of hydrogen-bond acceptors (Lipinski definition) is 6.